The molecule has 2 aliphatic rings. The highest BCUT2D eigenvalue weighted by Crippen LogP contribution is 2.32. The standard InChI is InChI=1S/C13H17NO2/c15-13-2-1-10-7-16-8-12(10)11(13)5-9-3-4-14-6-9/h1-2,9,14-15H,3-8H2. The van der Waals surface area contributed by atoms with E-state index in [9.17, 15) is 5.11 Å². The first-order valence-electron chi connectivity index (χ1n) is 5.95. The molecule has 0 spiro atoms. The molecule has 1 saturated heterocycles. The molecule has 1 fully saturated rings. The molecule has 0 saturated carbocycles. The third-order valence-electron chi connectivity index (χ3n) is 3.66. The Morgan fingerprint density at radius 2 is 2.31 bits per heavy atom. The van der Waals surface area contributed by atoms with E-state index in [-0.39, 0.29) is 0 Å². The summed E-state index contributed by atoms with van der Waals surface area (Å²) in [4.78, 5) is 0. The molecule has 1 aromatic carbocycles. The van der Waals surface area contributed by atoms with Gasteiger partial charge in [-0.3, -0.25) is 0 Å². The highest BCUT2D eigenvalue weighted by molar-refractivity contribution is 5.45. The summed E-state index contributed by atoms with van der Waals surface area (Å²) in [5, 5.41) is 13.3. The van der Waals surface area contributed by atoms with Crippen LogP contribution in [-0.4, -0.2) is 18.2 Å². The molecule has 0 radical (unpaired) electrons. The summed E-state index contributed by atoms with van der Waals surface area (Å²) in [7, 11) is 0. The number of hydrogen-bond donors (Lipinski definition) is 2. The SMILES string of the molecule is Oc1ccc2c(c1CC1CCNC1)COC2. The molecule has 1 aromatic rings. The van der Waals surface area contributed by atoms with Gasteiger partial charge in [0.15, 0.2) is 0 Å². The van der Waals surface area contributed by atoms with E-state index < -0.39 is 0 Å². The molecule has 2 N–H and O–H groups in total. The zero-order valence-electron chi connectivity index (χ0n) is 9.33. The van der Waals surface area contributed by atoms with Crippen molar-refractivity contribution in [3.8, 4) is 5.75 Å². The molecule has 1 atom stereocenters. The number of fused-ring (bicyclic) bond motifs is 1. The molecule has 2 aliphatic heterocycles. The van der Waals surface area contributed by atoms with Crippen LogP contribution in [0.1, 0.15) is 23.1 Å². The van der Waals surface area contributed by atoms with E-state index in [1.54, 1.807) is 0 Å². The molecule has 86 valence electrons. The predicted octanol–water partition coefficient (Wildman–Crippen LogP) is 1.57. The quantitative estimate of drug-likeness (QED) is 0.793. The van der Waals surface area contributed by atoms with E-state index in [4.69, 9.17) is 4.74 Å². The van der Waals surface area contributed by atoms with E-state index >= 15 is 0 Å². The van der Waals surface area contributed by atoms with Gasteiger partial charge >= 0.3 is 0 Å². The molecule has 3 rings (SSSR count). The maximum Gasteiger partial charge on any atom is 0.119 e. The van der Waals surface area contributed by atoms with Crippen LogP contribution in [0.25, 0.3) is 0 Å². The zero-order valence-corrected chi connectivity index (χ0v) is 9.33. The number of rotatable bonds is 2. The molecule has 3 heteroatoms. The molecule has 0 aromatic heterocycles. The van der Waals surface area contributed by atoms with Gasteiger partial charge in [0.05, 0.1) is 13.2 Å². The van der Waals surface area contributed by atoms with Gasteiger partial charge in [0.1, 0.15) is 5.75 Å². The fourth-order valence-electron chi connectivity index (χ4n) is 2.71. The first-order valence-corrected chi connectivity index (χ1v) is 5.95. The third kappa shape index (κ3) is 1.70. The lowest BCUT2D eigenvalue weighted by Crippen LogP contribution is -2.11. The van der Waals surface area contributed by atoms with Crippen LogP contribution >= 0.6 is 0 Å². The lowest BCUT2D eigenvalue weighted by molar-refractivity contribution is 0.134. The van der Waals surface area contributed by atoms with Gasteiger partial charge in [-0.1, -0.05) is 6.07 Å². The minimum atomic E-state index is 0.441. The van der Waals surface area contributed by atoms with E-state index in [2.05, 4.69) is 5.32 Å². The summed E-state index contributed by atoms with van der Waals surface area (Å²) >= 11 is 0. The van der Waals surface area contributed by atoms with Crippen molar-refractivity contribution in [2.75, 3.05) is 13.1 Å². The number of nitrogens with one attached hydrogen (secondary N) is 1. The Morgan fingerprint density at radius 1 is 1.38 bits per heavy atom. The minimum absolute atomic E-state index is 0.441. The van der Waals surface area contributed by atoms with Gasteiger partial charge in [-0.25, -0.2) is 0 Å². The number of ether oxygens (including phenoxy) is 1. The fraction of sp³-hybridized carbons (Fsp3) is 0.538. The summed E-state index contributed by atoms with van der Waals surface area (Å²) in [6.07, 6.45) is 2.19. The van der Waals surface area contributed by atoms with Crippen molar-refractivity contribution in [1.29, 1.82) is 0 Å². The van der Waals surface area contributed by atoms with Gasteiger partial charge < -0.3 is 15.2 Å². The smallest absolute Gasteiger partial charge is 0.119 e. The Labute approximate surface area is 95.4 Å². The second-order valence-corrected chi connectivity index (χ2v) is 4.76. The van der Waals surface area contributed by atoms with Crippen molar-refractivity contribution in [3.05, 3.63) is 28.8 Å². The minimum Gasteiger partial charge on any atom is -0.508 e. The fourth-order valence-corrected chi connectivity index (χ4v) is 2.71. The highest BCUT2D eigenvalue weighted by atomic mass is 16.5. The largest absolute Gasteiger partial charge is 0.508 e. The Hall–Kier alpha value is -1.06. The second-order valence-electron chi connectivity index (χ2n) is 4.76. The average Bonchev–Trinajstić information content (AvgIpc) is 2.92. The Kier molecular flexibility index (Phi) is 2.58. The molecular formula is C13H17NO2. The van der Waals surface area contributed by atoms with Gasteiger partial charge in [-0.2, -0.15) is 0 Å². The Morgan fingerprint density at radius 3 is 3.12 bits per heavy atom. The van der Waals surface area contributed by atoms with Crippen molar-refractivity contribution in [2.45, 2.75) is 26.1 Å². The molecular weight excluding hydrogens is 202 g/mol. The summed E-state index contributed by atoms with van der Waals surface area (Å²) in [5.74, 6) is 1.11. The first kappa shape index (κ1) is 10.1. The summed E-state index contributed by atoms with van der Waals surface area (Å²) < 4.78 is 5.45. The highest BCUT2D eigenvalue weighted by Gasteiger charge is 2.22. The van der Waals surface area contributed by atoms with Crippen molar-refractivity contribution >= 4 is 0 Å². The van der Waals surface area contributed by atoms with Crippen LogP contribution in [0.15, 0.2) is 12.1 Å². The van der Waals surface area contributed by atoms with Crippen LogP contribution in [0, 0.1) is 5.92 Å². The van der Waals surface area contributed by atoms with Gasteiger partial charge in [0.2, 0.25) is 0 Å². The average molecular weight is 219 g/mol. The second kappa shape index (κ2) is 4.07. The predicted molar refractivity (Wildman–Crippen MR) is 61.3 cm³/mol. The molecule has 1 unspecified atom stereocenters. The van der Waals surface area contributed by atoms with Crippen LogP contribution in [-0.2, 0) is 24.4 Å². The maximum atomic E-state index is 9.96. The lowest BCUT2D eigenvalue weighted by atomic mass is 9.92. The normalized spacial score (nSPS) is 23.6. The van der Waals surface area contributed by atoms with Crippen LogP contribution in [0.4, 0.5) is 0 Å². The molecule has 2 heterocycles. The van der Waals surface area contributed by atoms with Crippen LogP contribution in [0.5, 0.6) is 5.75 Å². The number of benzene rings is 1. The molecule has 0 amide bonds. The van der Waals surface area contributed by atoms with Gasteiger partial charge in [-0.05, 0) is 49.0 Å². The van der Waals surface area contributed by atoms with Crippen LogP contribution < -0.4 is 5.32 Å². The maximum absolute atomic E-state index is 9.96. The molecule has 3 nitrogen and oxygen atoms in total. The molecule has 16 heavy (non-hydrogen) atoms. The first-order chi connectivity index (χ1) is 7.84. The zero-order chi connectivity index (χ0) is 11.0. The van der Waals surface area contributed by atoms with Gasteiger partial charge in [-0.15, -0.1) is 0 Å². The van der Waals surface area contributed by atoms with Gasteiger partial charge in [0, 0.05) is 5.56 Å². The number of phenolic OH excluding ortho intramolecular Hbond substituents is 1. The number of phenols is 1. The van der Waals surface area contributed by atoms with E-state index in [0.717, 1.165) is 25.1 Å². The molecule has 0 bridgehead atoms. The van der Waals surface area contributed by atoms with Crippen LogP contribution in [0.3, 0.4) is 0 Å². The third-order valence-corrected chi connectivity index (χ3v) is 3.66. The Balaban J connectivity index is 1.90. The van der Waals surface area contributed by atoms with Crippen molar-refractivity contribution < 1.29 is 9.84 Å². The van der Waals surface area contributed by atoms with Crippen LogP contribution in [0.2, 0.25) is 0 Å². The van der Waals surface area contributed by atoms with Gasteiger partial charge in [0.25, 0.3) is 0 Å². The summed E-state index contributed by atoms with van der Waals surface area (Å²) in [5.41, 5.74) is 3.59. The summed E-state index contributed by atoms with van der Waals surface area (Å²) in [6.45, 7) is 3.55. The lowest BCUT2D eigenvalue weighted by Gasteiger charge is -2.13. The number of aromatic hydroxyl groups is 1. The number of hydrogen-bond acceptors (Lipinski definition) is 3. The monoisotopic (exact) mass is 219 g/mol. The summed E-state index contributed by atoms with van der Waals surface area (Å²) in [6, 6.07) is 3.79. The molecule has 0 aliphatic carbocycles. The van der Waals surface area contributed by atoms with Crippen molar-refractivity contribution in [1.82, 2.24) is 5.32 Å². The van der Waals surface area contributed by atoms with Crippen molar-refractivity contribution in [2.24, 2.45) is 5.92 Å². The van der Waals surface area contributed by atoms with E-state index in [1.165, 1.54) is 17.5 Å². The van der Waals surface area contributed by atoms with Crippen molar-refractivity contribution in [3.63, 3.8) is 0 Å². The van der Waals surface area contributed by atoms with E-state index in [0.29, 0.717) is 24.9 Å². The topological polar surface area (TPSA) is 41.5 Å². The van der Waals surface area contributed by atoms with E-state index in [1.807, 2.05) is 12.1 Å². The Bertz CT molecular complexity index is 397.